The predicted molar refractivity (Wildman–Crippen MR) is 87.8 cm³/mol. The largest absolute Gasteiger partial charge is 0.487 e. The highest BCUT2D eigenvalue weighted by Gasteiger charge is 2.09. The van der Waals surface area contributed by atoms with Crippen LogP contribution in [0.5, 0.6) is 5.75 Å². The zero-order valence-corrected chi connectivity index (χ0v) is 14.4. The molecule has 0 unspecified atom stereocenters. The molecule has 1 aromatic carbocycles. The standard InChI is InChI=1S/C15H16Br2N2O/c1-2-18-9-12-7-13(16)15(14(17)8-12)20-10-11-3-5-19-6-4-11/h3-8,18H,2,9-10H2,1H3. The van der Waals surface area contributed by atoms with Crippen LogP contribution in [0, 0.1) is 0 Å². The zero-order valence-electron chi connectivity index (χ0n) is 11.2. The quantitative estimate of drug-likeness (QED) is 0.786. The Balaban J connectivity index is 2.08. The van der Waals surface area contributed by atoms with E-state index in [0.717, 1.165) is 33.3 Å². The van der Waals surface area contributed by atoms with Crippen molar-refractivity contribution in [3.8, 4) is 5.75 Å². The van der Waals surface area contributed by atoms with Crippen molar-refractivity contribution in [3.05, 3.63) is 56.7 Å². The molecule has 0 atom stereocenters. The maximum Gasteiger partial charge on any atom is 0.148 e. The second-order valence-corrected chi connectivity index (χ2v) is 6.02. The van der Waals surface area contributed by atoms with Crippen LogP contribution >= 0.6 is 31.9 Å². The Hall–Kier alpha value is -0.910. The third-order valence-corrected chi connectivity index (χ3v) is 3.95. The summed E-state index contributed by atoms with van der Waals surface area (Å²) in [4.78, 5) is 3.99. The average molecular weight is 400 g/mol. The Morgan fingerprint density at radius 1 is 1.10 bits per heavy atom. The van der Waals surface area contributed by atoms with Crippen LogP contribution in [0.4, 0.5) is 0 Å². The van der Waals surface area contributed by atoms with Gasteiger partial charge >= 0.3 is 0 Å². The molecule has 106 valence electrons. The van der Waals surface area contributed by atoms with Gasteiger partial charge in [0, 0.05) is 18.9 Å². The molecule has 0 saturated heterocycles. The lowest BCUT2D eigenvalue weighted by Gasteiger charge is -2.12. The van der Waals surface area contributed by atoms with E-state index in [1.807, 2.05) is 12.1 Å². The van der Waals surface area contributed by atoms with Gasteiger partial charge < -0.3 is 10.1 Å². The molecule has 0 aliphatic carbocycles. The van der Waals surface area contributed by atoms with Crippen molar-refractivity contribution in [2.45, 2.75) is 20.1 Å². The number of hydrogen-bond donors (Lipinski definition) is 1. The molecule has 0 amide bonds. The van der Waals surface area contributed by atoms with Crippen molar-refractivity contribution >= 4 is 31.9 Å². The molecule has 0 radical (unpaired) electrons. The van der Waals surface area contributed by atoms with Crippen LogP contribution in [-0.4, -0.2) is 11.5 Å². The van der Waals surface area contributed by atoms with E-state index in [9.17, 15) is 0 Å². The summed E-state index contributed by atoms with van der Waals surface area (Å²) in [5, 5.41) is 3.31. The van der Waals surface area contributed by atoms with Gasteiger partial charge in [-0.2, -0.15) is 0 Å². The zero-order chi connectivity index (χ0) is 14.4. The molecule has 0 aliphatic rings. The Kier molecular flexibility index (Phi) is 6.01. The van der Waals surface area contributed by atoms with E-state index in [2.05, 4.69) is 61.2 Å². The normalized spacial score (nSPS) is 10.6. The van der Waals surface area contributed by atoms with Gasteiger partial charge in [-0.25, -0.2) is 0 Å². The van der Waals surface area contributed by atoms with Crippen molar-refractivity contribution < 1.29 is 4.74 Å². The molecular weight excluding hydrogens is 384 g/mol. The monoisotopic (exact) mass is 398 g/mol. The fraction of sp³-hybridized carbons (Fsp3) is 0.267. The van der Waals surface area contributed by atoms with Gasteiger partial charge in [0.1, 0.15) is 12.4 Å². The first-order valence-electron chi connectivity index (χ1n) is 6.41. The highest BCUT2D eigenvalue weighted by molar-refractivity contribution is 9.11. The number of halogens is 2. The molecule has 0 saturated carbocycles. The molecule has 1 N–H and O–H groups in total. The van der Waals surface area contributed by atoms with Crippen LogP contribution in [0.25, 0.3) is 0 Å². The summed E-state index contributed by atoms with van der Waals surface area (Å²) in [5.41, 5.74) is 2.30. The van der Waals surface area contributed by atoms with E-state index < -0.39 is 0 Å². The second-order valence-electron chi connectivity index (χ2n) is 4.31. The summed E-state index contributed by atoms with van der Waals surface area (Å²) in [6.45, 7) is 4.41. The van der Waals surface area contributed by atoms with Crippen LogP contribution in [0.1, 0.15) is 18.1 Å². The molecule has 20 heavy (non-hydrogen) atoms. The number of nitrogens with zero attached hydrogens (tertiary/aromatic N) is 1. The number of nitrogens with one attached hydrogen (secondary N) is 1. The first kappa shape index (κ1) is 15.5. The summed E-state index contributed by atoms with van der Waals surface area (Å²) < 4.78 is 7.78. The summed E-state index contributed by atoms with van der Waals surface area (Å²) in [6, 6.07) is 8.05. The van der Waals surface area contributed by atoms with E-state index in [4.69, 9.17) is 4.74 Å². The van der Waals surface area contributed by atoms with Crippen LogP contribution in [-0.2, 0) is 13.2 Å². The van der Waals surface area contributed by atoms with E-state index in [1.54, 1.807) is 12.4 Å². The van der Waals surface area contributed by atoms with Gasteiger partial charge in [-0.3, -0.25) is 4.98 Å². The third kappa shape index (κ3) is 4.30. The van der Waals surface area contributed by atoms with Crippen LogP contribution in [0.2, 0.25) is 0 Å². The molecule has 1 heterocycles. The minimum atomic E-state index is 0.520. The molecule has 0 fully saturated rings. The lowest BCUT2D eigenvalue weighted by atomic mass is 10.2. The molecule has 5 heteroatoms. The lowest BCUT2D eigenvalue weighted by molar-refractivity contribution is 0.302. The molecule has 3 nitrogen and oxygen atoms in total. The van der Waals surface area contributed by atoms with Crippen molar-refractivity contribution in [2.24, 2.45) is 0 Å². The van der Waals surface area contributed by atoms with E-state index in [1.165, 1.54) is 5.56 Å². The molecule has 2 rings (SSSR count). The van der Waals surface area contributed by atoms with E-state index in [0.29, 0.717) is 6.61 Å². The molecule has 0 bridgehead atoms. The Morgan fingerprint density at radius 3 is 2.35 bits per heavy atom. The molecule has 2 aromatic rings. The van der Waals surface area contributed by atoms with Crippen LogP contribution < -0.4 is 10.1 Å². The second kappa shape index (κ2) is 7.76. The Bertz CT molecular complexity index is 538. The molecular formula is C15H16Br2N2O. The van der Waals surface area contributed by atoms with Crippen molar-refractivity contribution in [2.75, 3.05) is 6.54 Å². The average Bonchev–Trinajstić information content (AvgIpc) is 2.45. The maximum atomic E-state index is 5.87. The smallest absolute Gasteiger partial charge is 0.148 e. The predicted octanol–water partition coefficient (Wildman–Crippen LogP) is 4.30. The number of ether oxygens (including phenoxy) is 1. The third-order valence-electron chi connectivity index (χ3n) is 2.77. The van der Waals surface area contributed by atoms with Crippen molar-refractivity contribution in [3.63, 3.8) is 0 Å². The number of aromatic nitrogens is 1. The number of benzene rings is 1. The number of rotatable bonds is 6. The topological polar surface area (TPSA) is 34.1 Å². The highest BCUT2D eigenvalue weighted by Crippen LogP contribution is 2.35. The van der Waals surface area contributed by atoms with Crippen LogP contribution in [0.3, 0.4) is 0 Å². The van der Waals surface area contributed by atoms with Gasteiger partial charge in [-0.1, -0.05) is 6.92 Å². The summed E-state index contributed by atoms with van der Waals surface area (Å²) in [5.74, 6) is 0.821. The van der Waals surface area contributed by atoms with Gasteiger partial charge in [-0.15, -0.1) is 0 Å². The fourth-order valence-corrected chi connectivity index (χ4v) is 3.27. The van der Waals surface area contributed by atoms with E-state index >= 15 is 0 Å². The lowest BCUT2D eigenvalue weighted by Crippen LogP contribution is -2.11. The van der Waals surface area contributed by atoms with Crippen molar-refractivity contribution in [1.29, 1.82) is 0 Å². The van der Waals surface area contributed by atoms with Crippen LogP contribution in [0.15, 0.2) is 45.6 Å². The molecule has 0 aliphatic heterocycles. The first-order chi connectivity index (χ1) is 9.70. The molecule has 1 aromatic heterocycles. The highest BCUT2D eigenvalue weighted by atomic mass is 79.9. The van der Waals surface area contributed by atoms with Gasteiger partial charge in [0.2, 0.25) is 0 Å². The minimum absolute atomic E-state index is 0.520. The van der Waals surface area contributed by atoms with Crippen molar-refractivity contribution in [1.82, 2.24) is 10.3 Å². The SMILES string of the molecule is CCNCc1cc(Br)c(OCc2ccncc2)c(Br)c1. The maximum absolute atomic E-state index is 5.87. The van der Waals surface area contributed by atoms with Gasteiger partial charge in [0.15, 0.2) is 0 Å². The fourth-order valence-electron chi connectivity index (χ4n) is 1.76. The Labute approximate surface area is 136 Å². The summed E-state index contributed by atoms with van der Waals surface area (Å²) in [7, 11) is 0. The Morgan fingerprint density at radius 2 is 1.75 bits per heavy atom. The summed E-state index contributed by atoms with van der Waals surface area (Å²) >= 11 is 7.14. The number of hydrogen-bond acceptors (Lipinski definition) is 3. The van der Waals surface area contributed by atoms with Gasteiger partial charge in [-0.05, 0) is 73.8 Å². The molecule has 0 spiro atoms. The van der Waals surface area contributed by atoms with E-state index in [-0.39, 0.29) is 0 Å². The van der Waals surface area contributed by atoms with Gasteiger partial charge in [0.25, 0.3) is 0 Å². The van der Waals surface area contributed by atoms with Gasteiger partial charge in [0.05, 0.1) is 8.95 Å². The summed E-state index contributed by atoms with van der Waals surface area (Å²) in [6.07, 6.45) is 3.53. The first-order valence-corrected chi connectivity index (χ1v) is 7.99. The minimum Gasteiger partial charge on any atom is -0.487 e. The number of pyridine rings is 1.